The predicted molar refractivity (Wildman–Crippen MR) is 98.6 cm³/mol. The summed E-state index contributed by atoms with van der Waals surface area (Å²) in [5, 5.41) is 12.1. The zero-order valence-corrected chi connectivity index (χ0v) is 15.2. The van der Waals surface area contributed by atoms with Gasteiger partial charge < -0.3 is 19.7 Å². The highest BCUT2D eigenvalue weighted by Gasteiger charge is 2.15. The molecule has 2 aromatic rings. The van der Waals surface area contributed by atoms with Crippen molar-refractivity contribution in [3.8, 4) is 17.7 Å². The molecule has 0 aliphatic carbocycles. The van der Waals surface area contributed by atoms with Gasteiger partial charge in [-0.3, -0.25) is 0 Å². The van der Waals surface area contributed by atoms with Gasteiger partial charge in [-0.1, -0.05) is 6.07 Å². The number of aromatic nitrogens is 1. The first-order chi connectivity index (χ1) is 12.2. The first-order valence-electron chi connectivity index (χ1n) is 8.02. The summed E-state index contributed by atoms with van der Waals surface area (Å²) in [6.45, 7) is 3.52. The first-order valence-corrected chi connectivity index (χ1v) is 8.02. The fraction of sp³-hybridized carbons (Fsp3) is 0.333. The van der Waals surface area contributed by atoms with Crippen LogP contribution in [-0.2, 0) is 6.61 Å². The van der Waals surface area contributed by atoms with Crippen molar-refractivity contribution in [2.24, 2.45) is 0 Å². The second-order valence-corrected chi connectivity index (χ2v) is 5.65. The molecule has 1 saturated heterocycles. The minimum atomic E-state index is -0.468. The Morgan fingerprint density at radius 2 is 2.04 bits per heavy atom. The second kappa shape index (κ2) is 9.22. The third-order valence-electron chi connectivity index (χ3n) is 4.00. The molecule has 1 aliphatic rings. The van der Waals surface area contributed by atoms with Crippen LogP contribution in [0.3, 0.4) is 0 Å². The molecule has 138 valence electrons. The first kappa shape index (κ1) is 19.8. The number of rotatable bonds is 5. The van der Waals surface area contributed by atoms with E-state index < -0.39 is 5.82 Å². The van der Waals surface area contributed by atoms with Gasteiger partial charge in [0.15, 0.2) is 0 Å². The number of halogens is 2. The Morgan fingerprint density at radius 1 is 1.27 bits per heavy atom. The number of hydrogen-bond acceptors (Lipinski definition) is 6. The van der Waals surface area contributed by atoms with Crippen molar-refractivity contribution < 1.29 is 13.9 Å². The SMILES string of the molecule is COc1cc(OCc2ccc(C#N)cc2F)nc(N2CCNCC2)c1.Cl. The molecule has 1 aromatic carbocycles. The van der Waals surface area contributed by atoms with E-state index in [2.05, 4.69) is 15.2 Å². The number of pyridine rings is 1. The van der Waals surface area contributed by atoms with Crippen molar-refractivity contribution in [3.05, 3.63) is 47.3 Å². The van der Waals surface area contributed by atoms with Gasteiger partial charge in [0.1, 0.15) is 24.0 Å². The maximum absolute atomic E-state index is 14.0. The quantitative estimate of drug-likeness (QED) is 0.862. The third-order valence-corrected chi connectivity index (χ3v) is 4.00. The van der Waals surface area contributed by atoms with Crippen LogP contribution in [0.5, 0.6) is 11.6 Å². The van der Waals surface area contributed by atoms with Crippen molar-refractivity contribution in [1.29, 1.82) is 5.26 Å². The molecule has 1 aliphatic heterocycles. The fourth-order valence-corrected chi connectivity index (χ4v) is 2.60. The standard InChI is InChI=1S/C18H19FN4O2.ClH/c1-24-15-9-17(23-6-4-21-5-7-23)22-18(10-15)25-12-14-3-2-13(11-20)8-16(14)19;/h2-3,8-10,21H,4-7,12H2,1H3;1H. The average Bonchev–Trinajstić information content (AvgIpc) is 2.67. The van der Waals surface area contributed by atoms with Crippen molar-refractivity contribution in [2.45, 2.75) is 6.61 Å². The largest absolute Gasteiger partial charge is 0.496 e. The lowest BCUT2D eigenvalue weighted by molar-refractivity contribution is 0.285. The molecule has 1 N–H and O–H groups in total. The van der Waals surface area contributed by atoms with Crippen molar-refractivity contribution in [3.63, 3.8) is 0 Å². The third kappa shape index (κ3) is 4.75. The predicted octanol–water partition coefficient (Wildman–Crippen LogP) is 2.51. The molecule has 0 saturated carbocycles. The second-order valence-electron chi connectivity index (χ2n) is 5.65. The fourth-order valence-electron chi connectivity index (χ4n) is 2.60. The molecule has 0 atom stereocenters. The summed E-state index contributed by atoms with van der Waals surface area (Å²) >= 11 is 0. The number of benzene rings is 1. The van der Waals surface area contributed by atoms with Gasteiger partial charge in [-0.05, 0) is 12.1 Å². The Bertz CT molecular complexity index is 791. The number of methoxy groups -OCH3 is 1. The molecule has 2 heterocycles. The van der Waals surface area contributed by atoms with Crippen molar-refractivity contribution in [1.82, 2.24) is 10.3 Å². The number of nitrogens with one attached hydrogen (secondary N) is 1. The molecular weight excluding hydrogens is 359 g/mol. The Hall–Kier alpha value is -2.56. The number of nitriles is 1. The maximum Gasteiger partial charge on any atom is 0.219 e. The van der Waals surface area contributed by atoms with Crippen LogP contribution in [0.25, 0.3) is 0 Å². The van der Waals surface area contributed by atoms with Crippen LogP contribution in [-0.4, -0.2) is 38.3 Å². The molecule has 1 fully saturated rings. The number of piperazine rings is 1. The van der Waals surface area contributed by atoms with Gasteiger partial charge in [-0.25, -0.2) is 4.39 Å². The Balaban J connectivity index is 0.00000243. The molecule has 1 aromatic heterocycles. The van der Waals surface area contributed by atoms with E-state index in [4.69, 9.17) is 14.7 Å². The summed E-state index contributed by atoms with van der Waals surface area (Å²) in [7, 11) is 1.58. The van der Waals surface area contributed by atoms with Crippen LogP contribution >= 0.6 is 12.4 Å². The zero-order valence-electron chi connectivity index (χ0n) is 14.4. The molecule has 26 heavy (non-hydrogen) atoms. The molecule has 0 radical (unpaired) electrons. The summed E-state index contributed by atoms with van der Waals surface area (Å²) in [5.41, 5.74) is 0.647. The van der Waals surface area contributed by atoms with Crippen LogP contribution in [0.15, 0.2) is 30.3 Å². The van der Waals surface area contributed by atoms with Gasteiger partial charge in [0, 0.05) is 43.9 Å². The van der Waals surface area contributed by atoms with Gasteiger partial charge in [-0.15, -0.1) is 12.4 Å². The van der Waals surface area contributed by atoms with Gasteiger partial charge in [-0.2, -0.15) is 10.2 Å². The van der Waals surface area contributed by atoms with E-state index in [0.717, 1.165) is 32.0 Å². The number of hydrogen-bond donors (Lipinski definition) is 1. The molecule has 0 unspecified atom stereocenters. The molecule has 3 rings (SSSR count). The van der Waals surface area contributed by atoms with Gasteiger partial charge >= 0.3 is 0 Å². The maximum atomic E-state index is 14.0. The van der Waals surface area contributed by atoms with Crippen LogP contribution < -0.4 is 19.7 Å². The summed E-state index contributed by atoms with van der Waals surface area (Å²) in [5.74, 6) is 1.32. The average molecular weight is 379 g/mol. The highest BCUT2D eigenvalue weighted by atomic mass is 35.5. The van der Waals surface area contributed by atoms with Gasteiger partial charge in [0.05, 0.1) is 18.7 Å². The summed E-state index contributed by atoms with van der Waals surface area (Å²) in [4.78, 5) is 6.65. The normalized spacial score (nSPS) is 13.5. The lowest BCUT2D eigenvalue weighted by atomic mass is 10.1. The highest BCUT2D eigenvalue weighted by molar-refractivity contribution is 5.85. The van der Waals surface area contributed by atoms with E-state index in [9.17, 15) is 4.39 Å². The number of nitrogens with zero attached hydrogens (tertiary/aromatic N) is 3. The molecular formula is C18H20ClFN4O2. The lowest BCUT2D eigenvalue weighted by Crippen LogP contribution is -2.43. The molecule has 0 bridgehead atoms. The summed E-state index contributed by atoms with van der Waals surface area (Å²) in [6, 6.07) is 9.75. The van der Waals surface area contributed by atoms with E-state index in [1.54, 1.807) is 25.3 Å². The summed E-state index contributed by atoms with van der Waals surface area (Å²) in [6.07, 6.45) is 0. The highest BCUT2D eigenvalue weighted by Crippen LogP contribution is 2.25. The van der Waals surface area contributed by atoms with Gasteiger partial charge in [0.25, 0.3) is 0 Å². The van der Waals surface area contributed by atoms with E-state index >= 15 is 0 Å². The Morgan fingerprint density at radius 3 is 2.69 bits per heavy atom. The number of ether oxygens (including phenoxy) is 2. The minimum absolute atomic E-state index is 0. The molecule has 0 spiro atoms. The zero-order chi connectivity index (χ0) is 17.6. The Labute approximate surface area is 158 Å². The molecule has 6 nitrogen and oxygen atoms in total. The molecule has 8 heteroatoms. The van der Waals surface area contributed by atoms with Gasteiger partial charge in [0.2, 0.25) is 5.88 Å². The number of anilines is 1. The summed E-state index contributed by atoms with van der Waals surface area (Å²) < 4.78 is 24.9. The van der Waals surface area contributed by atoms with Crippen molar-refractivity contribution in [2.75, 3.05) is 38.2 Å². The van der Waals surface area contributed by atoms with Crippen LogP contribution in [0.4, 0.5) is 10.2 Å². The van der Waals surface area contributed by atoms with Crippen molar-refractivity contribution >= 4 is 18.2 Å². The van der Waals surface area contributed by atoms with Crippen LogP contribution in [0.2, 0.25) is 0 Å². The van der Waals surface area contributed by atoms with E-state index in [1.807, 2.05) is 12.1 Å². The smallest absolute Gasteiger partial charge is 0.219 e. The van der Waals surface area contributed by atoms with E-state index in [1.165, 1.54) is 6.07 Å². The minimum Gasteiger partial charge on any atom is -0.496 e. The van der Waals surface area contributed by atoms with E-state index in [-0.39, 0.29) is 24.6 Å². The molecule has 0 amide bonds. The van der Waals surface area contributed by atoms with Crippen LogP contribution in [0.1, 0.15) is 11.1 Å². The monoisotopic (exact) mass is 378 g/mol. The van der Waals surface area contributed by atoms with E-state index in [0.29, 0.717) is 17.2 Å². The van der Waals surface area contributed by atoms with Crippen LogP contribution in [0, 0.1) is 17.1 Å². The Kier molecular flexibility index (Phi) is 7.01. The topological polar surface area (TPSA) is 70.4 Å². The lowest BCUT2D eigenvalue weighted by Gasteiger charge is -2.28.